The molecule has 9 heteroatoms. The van der Waals surface area contributed by atoms with E-state index in [1.54, 1.807) is 12.1 Å². The fourth-order valence-corrected chi connectivity index (χ4v) is 3.85. The standard InChI is InChI=1S/C23H26F2N4O3/c1-15-5-4-6-18(16(15)2)29-11-9-28(10-12-29)14-21-26-22(27-32-21)17-7-8-19(31-23(24)25)20(13-17)30-3/h4-8,13,23H,9-12,14H2,1-3H3. The Bertz CT molecular complexity index is 1070. The van der Waals surface area contributed by atoms with Crippen molar-refractivity contribution in [1.82, 2.24) is 15.0 Å². The molecule has 1 fully saturated rings. The number of alkyl halides is 2. The number of aryl methyl sites for hydroxylation is 1. The number of anilines is 1. The lowest BCUT2D eigenvalue weighted by molar-refractivity contribution is -0.0512. The summed E-state index contributed by atoms with van der Waals surface area (Å²) in [5.41, 5.74) is 4.51. The molecule has 0 spiro atoms. The van der Waals surface area contributed by atoms with Crippen molar-refractivity contribution in [2.75, 3.05) is 38.2 Å². The van der Waals surface area contributed by atoms with Gasteiger partial charge in [-0.05, 0) is 49.2 Å². The molecule has 3 aromatic rings. The summed E-state index contributed by atoms with van der Waals surface area (Å²) in [5, 5.41) is 4.03. The van der Waals surface area contributed by atoms with Crippen LogP contribution in [0, 0.1) is 13.8 Å². The van der Waals surface area contributed by atoms with E-state index in [-0.39, 0.29) is 11.5 Å². The van der Waals surface area contributed by atoms with Gasteiger partial charge in [-0.15, -0.1) is 0 Å². The molecule has 0 radical (unpaired) electrons. The van der Waals surface area contributed by atoms with Crippen LogP contribution in [0.4, 0.5) is 14.5 Å². The van der Waals surface area contributed by atoms with Crippen molar-refractivity contribution in [2.45, 2.75) is 27.0 Å². The van der Waals surface area contributed by atoms with E-state index < -0.39 is 6.61 Å². The Morgan fingerprint density at radius 3 is 2.56 bits per heavy atom. The molecule has 0 N–H and O–H groups in total. The van der Waals surface area contributed by atoms with Gasteiger partial charge in [0.2, 0.25) is 11.7 Å². The Hall–Kier alpha value is -3.20. The highest BCUT2D eigenvalue weighted by atomic mass is 19.3. The smallest absolute Gasteiger partial charge is 0.387 e. The Balaban J connectivity index is 1.38. The van der Waals surface area contributed by atoms with Gasteiger partial charge in [0, 0.05) is 37.4 Å². The molecule has 0 amide bonds. The van der Waals surface area contributed by atoms with Crippen LogP contribution in [0.2, 0.25) is 0 Å². The van der Waals surface area contributed by atoms with E-state index >= 15 is 0 Å². The number of rotatable bonds is 7. The van der Waals surface area contributed by atoms with Gasteiger partial charge in [-0.1, -0.05) is 17.3 Å². The highest BCUT2D eigenvalue weighted by Crippen LogP contribution is 2.32. The van der Waals surface area contributed by atoms with Gasteiger partial charge in [-0.2, -0.15) is 13.8 Å². The van der Waals surface area contributed by atoms with Crippen LogP contribution < -0.4 is 14.4 Å². The first-order chi connectivity index (χ1) is 15.4. The Labute approximate surface area is 185 Å². The largest absolute Gasteiger partial charge is 0.493 e. The minimum Gasteiger partial charge on any atom is -0.493 e. The van der Waals surface area contributed by atoms with Crippen molar-refractivity contribution < 1.29 is 22.8 Å². The summed E-state index contributed by atoms with van der Waals surface area (Å²) in [7, 11) is 1.39. The molecule has 7 nitrogen and oxygen atoms in total. The number of hydrogen-bond donors (Lipinski definition) is 0. The quantitative estimate of drug-likeness (QED) is 0.539. The van der Waals surface area contributed by atoms with Gasteiger partial charge >= 0.3 is 6.61 Å². The molecule has 0 atom stereocenters. The predicted octanol–water partition coefficient (Wildman–Crippen LogP) is 4.29. The first-order valence-corrected chi connectivity index (χ1v) is 10.4. The van der Waals surface area contributed by atoms with Crippen LogP contribution in [0.3, 0.4) is 0 Å². The summed E-state index contributed by atoms with van der Waals surface area (Å²) in [6, 6.07) is 11.0. The van der Waals surface area contributed by atoms with E-state index in [0.717, 1.165) is 26.2 Å². The van der Waals surface area contributed by atoms with Crippen LogP contribution in [-0.2, 0) is 6.54 Å². The van der Waals surface area contributed by atoms with Gasteiger partial charge < -0.3 is 18.9 Å². The molecular formula is C23H26F2N4O3. The second kappa shape index (κ2) is 9.52. The fraction of sp³-hybridized carbons (Fsp3) is 0.391. The number of benzene rings is 2. The van der Waals surface area contributed by atoms with Crippen molar-refractivity contribution in [2.24, 2.45) is 0 Å². The summed E-state index contributed by atoms with van der Waals surface area (Å²) in [4.78, 5) is 9.15. The van der Waals surface area contributed by atoms with Gasteiger partial charge in [0.05, 0.1) is 13.7 Å². The molecule has 1 saturated heterocycles. The van der Waals surface area contributed by atoms with E-state index in [9.17, 15) is 8.78 Å². The van der Waals surface area contributed by atoms with Gasteiger partial charge in [0.25, 0.3) is 0 Å². The third kappa shape index (κ3) is 4.83. The summed E-state index contributed by atoms with van der Waals surface area (Å²) in [6.45, 7) is 5.55. The molecule has 1 aliphatic heterocycles. The number of nitrogens with zero attached hydrogens (tertiary/aromatic N) is 4. The van der Waals surface area contributed by atoms with Crippen molar-refractivity contribution >= 4 is 5.69 Å². The minimum atomic E-state index is -2.93. The average molecular weight is 444 g/mol. The first kappa shape index (κ1) is 22.0. The van der Waals surface area contributed by atoms with E-state index in [2.05, 4.69) is 56.7 Å². The van der Waals surface area contributed by atoms with Gasteiger partial charge in [0.15, 0.2) is 11.5 Å². The van der Waals surface area contributed by atoms with E-state index in [1.165, 1.54) is 30.0 Å². The summed E-state index contributed by atoms with van der Waals surface area (Å²) in [5.74, 6) is 1.01. The Morgan fingerprint density at radius 2 is 1.84 bits per heavy atom. The van der Waals surface area contributed by atoms with Crippen LogP contribution in [-0.4, -0.2) is 54.9 Å². The van der Waals surface area contributed by atoms with Gasteiger partial charge in [-0.25, -0.2) is 0 Å². The zero-order valence-corrected chi connectivity index (χ0v) is 18.3. The highest BCUT2D eigenvalue weighted by Gasteiger charge is 2.21. The molecule has 0 bridgehead atoms. The second-order valence-electron chi connectivity index (χ2n) is 7.74. The zero-order chi connectivity index (χ0) is 22.7. The minimum absolute atomic E-state index is 0.0447. The maximum atomic E-state index is 12.5. The number of piperazine rings is 1. The lowest BCUT2D eigenvalue weighted by Crippen LogP contribution is -2.46. The summed E-state index contributed by atoms with van der Waals surface area (Å²) in [6.07, 6.45) is 0. The predicted molar refractivity (Wildman–Crippen MR) is 116 cm³/mol. The van der Waals surface area contributed by atoms with Crippen molar-refractivity contribution in [3.8, 4) is 22.9 Å². The summed E-state index contributed by atoms with van der Waals surface area (Å²) >= 11 is 0. The van der Waals surface area contributed by atoms with E-state index in [1.807, 2.05) is 0 Å². The van der Waals surface area contributed by atoms with Crippen molar-refractivity contribution in [3.05, 3.63) is 53.4 Å². The molecular weight excluding hydrogens is 418 g/mol. The molecule has 2 heterocycles. The van der Waals surface area contributed by atoms with Crippen LogP contribution in [0.25, 0.3) is 11.4 Å². The maximum Gasteiger partial charge on any atom is 0.387 e. The Morgan fingerprint density at radius 1 is 1.06 bits per heavy atom. The average Bonchev–Trinajstić information content (AvgIpc) is 3.25. The number of hydrogen-bond acceptors (Lipinski definition) is 7. The molecule has 32 heavy (non-hydrogen) atoms. The van der Waals surface area contributed by atoms with Gasteiger partial charge in [-0.3, -0.25) is 4.90 Å². The number of methoxy groups -OCH3 is 1. The lowest BCUT2D eigenvalue weighted by atomic mass is 10.1. The van der Waals surface area contributed by atoms with E-state index in [0.29, 0.717) is 23.8 Å². The number of aromatic nitrogens is 2. The molecule has 2 aromatic carbocycles. The van der Waals surface area contributed by atoms with Crippen LogP contribution >= 0.6 is 0 Å². The topological polar surface area (TPSA) is 63.9 Å². The Kier molecular flexibility index (Phi) is 6.55. The zero-order valence-electron chi connectivity index (χ0n) is 18.3. The molecule has 1 aliphatic rings. The molecule has 1 aromatic heterocycles. The van der Waals surface area contributed by atoms with Crippen molar-refractivity contribution in [1.29, 1.82) is 0 Å². The molecule has 0 saturated carbocycles. The number of halogens is 2. The molecule has 4 rings (SSSR count). The van der Waals surface area contributed by atoms with Gasteiger partial charge in [0.1, 0.15) is 0 Å². The monoisotopic (exact) mass is 444 g/mol. The highest BCUT2D eigenvalue weighted by molar-refractivity contribution is 5.60. The van der Waals surface area contributed by atoms with Crippen molar-refractivity contribution in [3.63, 3.8) is 0 Å². The summed E-state index contributed by atoms with van der Waals surface area (Å²) < 4.78 is 40.1. The van der Waals surface area contributed by atoms with Crippen LogP contribution in [0.1, 0.15) is 17.0 Å². The van der Waals surface area contributed by atoms with Crippen LogP contribution in [0.15, 0.2) is 40.9 Å². The SMILES string of the molecule is COc1cc(-c2noc(CN3CCN(c4cccc(C)c4C)CC3)n2)ccc1OC(F)F. The van der Waals surface area contributed by atoms with Crippen LogP contribution in [0.5, 0.6) is 11.5 Å². The third-order valence-corrected chi connectivity index (χ3v) is 5.75. The molecule has 0 unspecified atom stereocenters. The van der Waals surface area contributed by atoms with E-state index in [4.69, 9.17) is 9.26 Å². The lowest BCUT2D eigenvalue weighted by Gasteiger charge is -2.36. The number of ether oxygens (including phenoxy) is 2. The first-order valence-electron chi connectivity index (χ1n) is 10.4. The molecule has 170 valence electrons. The molecule has 0 aliphatic carbocycles. The second-order valence-corrected chi connectivity index (χ2v) is 7.74. The third-order valence-electron chi connectivity index (χ3n) is 5.75. The fourth-order valence-electron chi connectivity index (χ4n) is 3.85. The maximum absolute atomic E-state index is 12.5. The normalized spacial score (nSPS) is 14.8.